The van der Waals surface area contributed by atoms with Crippen LogP contribution in [-0.2, 0) is 15.7 Å². The number of ether oxygens (including phenoxy) is 1. The van der Waals surface area contributed by atoms with Crippen LogP contribution in [0.2, 0.25) is 0 Å². The molecule has 35 heavy (non-hydrogen) atoms. The van der Waals surface area contributed by atoms with Crippen molar-refractivity contribution in [2.75, 3.05) is 43.0 Å². The highest BCUT2D eigenvalue weighted by Crippen LogP contribution is 2.34. The summed E-state index contributed by atoms with van der Waals surface area (Å²) in [6, 6.07) is 12.9. The normalized spacial score (nSPS) is 18.1. The standard InChI is InChI=1S/C27H34F3N3O2/c1-19-3-7-23(8-4-19)32-15-11-24(12-16-32)35-18-26(34)33-13-9-21(10-14-33)31-22-6-5-20(2)25(17-22)27(28,29)30/h3-8,17,21,24,31H,9-16,18H2,1-2H3. The van der Waals surface area contributed by atoms with Gasteiger partial charge in [-0.25, -0.2) is 0 Å². The van der Waals surface area contributed by atoms with Gasteiger partial charge in [-0.2, -0.15) is 13.2 Å². The number of alkyl halides is 3. The molecule has 5 nitrogen and oxygen atoms in total. The maximum absolute atomic E-state index is 13.2. The molecule has 2 heterocycles. The van der Waals surface area contributed by atoms with Crippen LogP contribution in [0, 0.1) is 13.8 Å². The lowest BCUT2D eigenvalue weighted by molar-refractivity contribution is -0.139. The van der Waals surface area contributed by atoms with Crippen molar-refractivity contribution in [3.8, 4) is 0 Å². The van der Waals surface area contributed by atoms with Crippen molar-refractivity contribution < 1.29 is 22.7 Å². The first-order chi connectivity index (χ1) is 16.7. The number of carbonyl (C=O) groups excluding carboxylic acids is 1. The van der Waals surface area contributed by atoms with Crippen molar-refractivity contribution in [1.82, 2.24) is 4.90 Å². The molecule has 0 saturated carbocycles. The van der Waals surface area contributed by atoms with Crippen LogP contribution in [0.25, 0.3) is 0 Å². The Hall–Kier alpha value is -2.74. The van der Waals surface area contributed by atoms with Gasteiger partial charge in [0, 0.05) is 43.6 Å². The van der Waals surface area contributed by atoms with Crippen molar-refractivity contribution in [2.45, 2.75) is 57.9 Å². The summed E-state index contributed by atoms with van der Waals surface area (Å²) in [4.78, 5) is 16.8. The molecule has 2 saturated heterocycles. The number of likely N-dealkylation sites (tertiary alicyclic amines) is 1. The topological polar surface area (TPSA) is 44.8 Å². The highest BCUT2D eigenvalue weighted by atomic mass is 19.4. The van der Waals surface area contributed by atoms with Crippen LogP contribution < -0.4 is 10.2 Å². The van der Waals surface area contributed by atoms with E-state index in [0.29, 0.717) is 31.6 Å². The van der Waals surface area contributed by atoms with Gasteiger partial charge in [-0.15, -0.1) is 0 Å². The van der Waals surface area contributed by atoms with Crippen LogP contribution in [0.15, 0.2) is 42.5 Å². The number of anilines is 2. The molecule has 2 aromatic carbocycles. The molecule has 2 aromatic rings. The van der Waals surface area contributed by atoms with E-state index in [9.17, 15) is 18.0 Å². The van der Waals surface area contributed by atoms with E-state index in [2.05, 4.69) is 41.4 Å². The predicted octanol–water partition coefficient (Wildman–Crippen LogP) is 5.41. The fraction of sp³-hybridized carbons (Fsp3) is 0.519. The second-order valence-electron chi connectivity index (χ2n) is 9.66. The Morgan fingerprint density at radius 1 is 0.971 bits per heavy atom. The first kappa shape index (κ1) is 25.4. The molecule has 0 bridgehead atoms. The second-order valence-corrected chi connectivity index (χ2v) is 9.66. The number of hydrogen-bond acceptors (Lipinski definition) is 4. The predicted molar refractivity (Wildman–Crippen MR) is 132 cm³/mol. The zero-order valence-corrected chi connectivity index (χ0v) is 20.4. The molecule has 0 aromatic heterocycles. The zero-order chi connectivity index (χ0) is 25.0. The van der Waals surface area contributed by atoms with E-state index < -0.39 is 11.7 Å². The summed E-state index contributed by atoms with van der Waals surface area (Å²) in [5, 5.41) is 3.21. The number of carbonyl (C=O) groups is 1. The summed E-state index contributed by atoms with van der Waals surface area (Å²) < 4.78 is 45.5. The molecule has 8 heteroatoms. The fourth-order valence-corrected chi connectivity index (χ4v) is 4.84. The molecule has 4 rings (SSSR count). The second kappa shape index (κ2) is 10.9. The Morgan fingerprint density at radius 3 is 2.26 bits per heavy atom. The molecule has 0 atom stereocenters. The molecule has 1 amide bonds. The molecule has 190 valence electrons. The smallest absolute Gasteiger partial charge is 0.382 e. The third-order valence-electron chi connectivity index (χ3n) is 7.05. The lowest BCUT2D eigenvalue weighted by Gasteiger charge is -2.35. The first-order valence-corrected chi connectivity index (χ1v) is 12.3. The summed E-state index contributed by atoms with van der Waals surface area (Å²) in [5.41, 5.74) is 2.53. The molecular formula is C27H34F3N3O2. The summed E-state index contributed by atoms with van der Waals surface area (Å²) >= 11 is 0. The number of aryl methyl sites for hydroxylation is 2. The number of hydrogen-bond donors (Lipinski definition) is 1. The highest BCUT2D eigenvalue weighted by Gasteiger charge is 2.33. The van der Waals surface area contributed by atoms with Gasteiger partial charge in [0.2, 0.25) is 5.91 Å². The Balaban J connectivity index is 1.18. The van der Waals surface area contributed by atoms with Crippen LogP contribution in [0.1, 0.15) is 42.4 Å². The third-order valence-corrected chi connectivity index (χ3v) is 7.05. The lowest BCUT2D eigenvalue weighted by atomic mass is 10.0. The van der Waals surface area contributed by atoms with Crippen molar-refractivity contribution >= 4 is 17.3 Å². The van der Waals surface area contributed by atoms with Crippen LogP contribution >= 0.6 is 0 Å². The number of nitrogens with one attached hydrogen (secondary N) is 1. The molecule has 0 unspecified atom stereocenters. The quantitative estimate of drug-likeness (QED) is 0.589. The number of benzene rings is 2. The Kier molecular flexibility index (Phi) is 7.89. The number of amides is 1. The minimum Gasteiger partial charge on any atom is -0.382 e. The molecular weight excluding hydrogens is 455 g/mol. The number of nitrogens with zero attached hydrogens (tertiary/aromatic N) is 2. The first-order valence-electron chi connectivity index (χ1n) is 12.3. The van der Waals surface area contributed by atoms with Gasteiger partial charge in [0.1, 0.15) is 6.61 Å². The summed E-state index contributed by atoms with van der Waals surface area (Å²) in [7, 11) is 0. The van der Waals surface area contributed by atoms with Crippen molar-refractivity contribution in [2.24, 2.45) is 0 Å². The Morgan fingerprint density at radius 2 is 1.63 bits per heavy atom. The molecule has 0 radical (unpaired) electrons. The monoisotopic (exact) mass is 489 g/mol. The van der Waals surface area contributed by atoms with Gasteiger partial charge in [-0.05, 0) is 69.4 Å². The van der Waals surface area contributed by atoms with E-state index in [4.69, 9.17) is 4.74 Å². The van der Waals surface area contributed by atoms with Gasteiger partial charge in [0.25, 0.3) is 0 Å². The largest absolute Gasteiger partial charge is 0.416 e. The SMILES string of the molecule is Cc1ccc(N2CCC(OCC(=O)N3CCC(Nc4ccc(C)c(C(F)(F)F)c4)CC3)CC2)cc1. The highest BCUT2D eigenvalue weighted by molar-refractivity contribution is 5.77. The van der Waals surface area contributed by atoms with E-state index in [1.54, 1.807) is 11.0 Å². The zero-order valence-electron chi connectivity index (χ0n) is 20.4. The van der Waals surface area contributed by atoms with E-state index in [-0.39, 0.29) is 30.2 Å². The van der Waals surface area contributed by atoms with Gasteiger partial charge in [0.15, 0.2) is 0 Å². The van der Waals surface area contributed by atoms with Crippen molar-refractivity contribution in [3.63, 3.8) is 0 Å². The van der Waals surface area contributed by atoms with Crippen LogP contribution in [0.5, 0.6) is 0 Å². The van der Waals surface area contributed by atoms with Gasteiger partial charge in [-0.3, -0.25) is 4.79 Å². The summed E-state index contributed by atoms with van der Waals surface area (Å²) in [6.45, 7) is 6.60. The minimum absolute atomic E-state index is 0.0147. The molecule has 2 aliphatic heterocycles. The Bertz CT molecular complexity index is 994. The molecule has 0 spiro atoms. The summed E-state index contributed by atoms with van der Waals surface area (Å²) in [5.74, 6) is -0.0147. The van der Waals surface area contributed by atoms with E-state index in [0.717, 1.165) is 25.9 Å². The average molecular weight is 490 g/mol. The Labute approximate surface area is 205 Å². The van der Waals surface area contributed by atoms with Gasteiger partial charge in [0.05, 0.1) is 11.7 Å². The number of piperidine rings is 2. The molecule has 1 N–H and O–H groups in total. The van der Waals surface area contributed by atoms with Crippen molar-refractivity contribution in [1.29, 1.82) is 0 Å². The molecule has 2 fully saturated rings. The van der Waals surface area contributed by atoms with E-state index >= 15 is 0 Å². The molecule has 2 aliphatic rings. The average Bonchev–Trinajstić information content (AvgIpc) is 2.84. The van der Waals surface area contributed by atoms with E-state index in [1.807, 2.05) is 0 Å². The lowest BCUT2D eigenvalue weighted by Crippen LogP contribution is -2.45. The number of rotatable bonds is 6. The van der Waals surface area contributed by atoms with Crippen LogP contribution in [-0.4, -0.2) is 55.7 Å². The third kappa shape index (κ3) is 6.69. The maximum atomic E-state index is 13.2. The van der Waals surface area contributed by atoms with Crippen molar-refractivity contribution in [3.05, 3.63) is 59.2 Å². The van der Waals surface area contributed by atoms with Gasteiger partial charge >= 0.3 is 6.18 Å². The van der Waals surface area contributed by atoms with Crippen LogP contribution in [0.4, 0.5) is 24.5 Å². The summed E-state index contributed by atoms with van der Waals surface area (Å²) in [6.07, 6.45) is -1.11. The van der Waals surface area contributed by atoms with Crippen LogP contribution in [0.3, 0.4) is 0 Å². The van der Waals surface area contributed by atoms with Gasteiger partial charge < -0.3 is 19.9 Å². The fourth-order valence-electron chi connectivity index (χ4n) is 4.84. The van der Waals surface area contributed by atoms with Gasteiger partial charge in [-0.1, -0.05) is 23.8 Å². The maximum Gasteiger partial charge on any atom is 0.416 e. The van der Waals surface area contributed by atoms with E-state index in [1.165, 1.54) is 30.3 Å². The number of halogens is 3. The molecule has 0 aliphatic carbocycles. The minimum atomic E-state index is -4.37.